The summed E-state index contributed by atoms with van der Waals surface area (Å²) in [5, 5.41) is 6.42. The lowest BCUT2D eigenvalue weighted by molar-refractivity contribution is -0.132. The molecule has 1 rings (SSSR count). The average Bonchev–Trinajstić information content (AvgIpc) is 2.50. The minimum absolute atomic E-state index is 0.139. The van der Waals surface area contributed by atoms with Crippen LogP contribution in [0.4, 0.5) is 0 Å². The van der Waals surface area contributed by atoms with Crippen LogP contribution in [0.3, 0.4) is 0 Å². The molecule has 0 aromatic rings. The van der Waals surface area contributed by atoms with Crippen LogP contribution in [0.25, 0.3) is 0 Å². The molecule has 0 aliphatic carbocycles. The first-order chi connectivity index (χ1) is 9.75. The van der Waals surface area contributed by atoms with Crippen molar-refractivity contribution in [2.24, 2.45) is 5.41 Å². The first-order valence-electron chi connectivity index (χ1n) is 7.81. The minimum Gasteiger partial charge on any atom is -0.382 e. The summed E-state index contributed by atoms with van der Waals surface area (Å²) < 4.78 is 10.3. The highest BCUT2D eigenvalue weighted by Crippen LogP contribution is 2.32. The molecule has 0 saturated carbocycles. The van der Waals surface area contributed by atoms with Crippen molar-refractivity contribution in [3.63, 3.8) is 0 Å². The van der Waals surface area contributed by atoms with Crippen molar-refractivity contribution in [2.45, 2.75) is 39.0 Å². The summed E-state index contributed by atoms with van der Waals surface area (Å²) in [6.45, 7) is 6.81. The molecule has 0 aromatic carbocycles. The van der Waals surface area contributed by atoms with Gasteiger partial charge in [-0.15, -0.1) is 0 Å². The van der Waals surface area contributed by atoms with E-state index in [1.165, 1.54) is 0 Å². The van der Waals surface area contributed by atoms with Crippen LogP contribution < -0.4 is 10.6 Å². The van der Waals surface area contributed by atoms with Gasteiger partial charge in [0.2, 0.25) is 5.91 Å². The van der Waals surface area contributed by atoms with E-state index in [1.807, 2.05) is 0 Å². The Hall–Kier alpha value is -0.650. The number of carbonyl (C=O) groups is 1. The normalized spacial score (nSPS) is 17.9. The topological polar surface area (TPSA) is 59.6 Å². The summed E-state index contributed by atoms with van der Waals surface area (Å²) in [7, 11) is 1.67. The summed E-state index contributed by atoms with van der Waals surface area (Å²) in [6, 6.07) is 0. The highest BCUT2D eigenvalue weighted by molar-refractivity contribution is 5.82. The number of ether oxygens (including phenoxy) is 2. The molecular formula is C15H30N2O3. The second-order valence-electron chi connectivity index (χ2n) is 5.45. The van der Waals surface area contributed by atoms with E-state index in [0.717, 1.165) is 58.3 Å². The van der Waals surface area contributed by atoms with Crippen LogP contribution in [0.1, 0.15) is 39.0 Å². The van der Waals surface area contributed by atoms with Crippen molar-refractivity contribution in [1.29, 1.82) is 0 Å². The maximum Gasteiger partial charge on any atom is 0.226 e. The third-order valence-corrected chi connectivity index (χ3v) is 4.15. The van der Waals surface area contributed by atoms with Crippen molar-refractivity contribution in [1.82, 2.24) is 10.6 Å². The Balaban J connectivity index is 2.09. The van der Waals surface area contributed by atoms with E-state index in [0.29, 0.717) is 13.2 Å². The zero-order valence-corrected chi connectivity index (χ0v) is 13.0. The van der Waals surface area contributed by atoms with E-state index in [4.69, 9.17) is 9.47 Å². The molecule has 1 heterocycles. The van der Waals surface area contributed by atoms with E-state index in [1.54, 1.807) is 7.11 Å². The molecule has 20 heavy (non-hydrogen) atoms. The number of hydrogen-bond acceptors (Lipinski definition) is 4. The number of nitrogens with one attached hydrogen (secondary N) is 2. The Kier molecular flexibility index (Phi) is 8.82. The zero-order valence-electron chi connectivity index (χ0n) is 13.0. The molecule has 1 fully saturated rings. The third-order valence-electron chi connectivity index (χ3n) is 4.15. The number of hydrogen-bond donors (Lipinski definition) is 2. The SMILES string of the molecule is CCC1(C(=O)NCCCCOCCOC)CCNCC1. The second kappa shape index (κ2) is 10.1. The van der Waals surface area contributed by atoms with Gasteiger partial charge in [-0.05, 0) is 45.2 Å². The van der Waals surface area contributed by atoms with Crippen LogP contribution in [0.5, 0.6) is 0 Å². The van der Waals surface area contributed by atoms with Gasteiger partial charge in [0.15, 0.2) is 0 Å². The van der Waals surface area contributed by atoms with E-state index >= 15 is 0 Å². The minimum atomic E-state index is -0.139. The number of carbonyl (C=O) groups excluding carboxylic acids is 1. The predicted octanol–water partition coefficient (Wildman–Crippen LogP) is 1.33. The highest BCUT2D eigenvalue weighted by Gasteiger charge is 2.37. The van der Waals surface area contributed by atoms with Crippen molar-refractivity contribution < 1.29 is 14.3 Å². The van der Waals surface area contributed by atoms with Crippen molar-refractivity contribution in [3.8, 4) is 0 Å². The molecule has 0 spiro atoms. The van der Waals surface area contributed by atoms with Gasteiger partial charge in [-0.1, -0.05) is 6.92 Å². The summed E-state index contributed by atoms with van der Waals surface area (Å²) >= 11 is 0. The van der Waals surface area contributed by atoms with Gasteiger partial charge in [0.25, 0.3) is 0 Å². The van der Waals surface area contributed by atoms with Gasteiger partial charge in [0.05, 0.1) is 18.6 Å². The molecule has 2 N–H and O–H groups in total. The summed E-state index contributed by atoms with van der Waals surface area (Å²) in [5.74, 6) is 0.238. The summed E-state index contributed by atoms with van der Waals surface area (Å²) in [4.78, 5) is 12.3. The zero-order chi connectivity index (χ0) is 14.7. The Labute approximate surface area is 122 Å². The quantitative estimate of drug-likeness (QED) is 0.595. The third kappa shape index (κ3) is 5.77. The lowest BCUT2D eigenvalue weighted by Gasteiger charge is -2.35. The van der Waals surface area contributed by atoms with Gasteiger partial charge >= 0.3 is 0 Å². The monoisotopic (exact) mass is 286 g/mol. The number of amides is 1. The van der Waals surface area contributed by atoms with Gasteiger partial charge in [-0.25, -0.2) is 0 Å². The lowest BCUT2D eigenvalue weighted by Crippen LogP contribution is -2.47. The molecule has 1 aliphatic rings. The molecule has 5 heteroatoms. The number of rotatable bonds is 10. The molecule has 118 valence electrons. The van der Waals surface area contributed by atoms with Crippen LogP contribution in [-0.4, -0.2) is 52.5 Å². The van der Waals surface area contributed by atoms with Gasteiger partial charge < -0.3 is 20.1 Å². The smallest absolute Gasteiger partial charge is 0.226 e. The fourth-order valence-electron chi connectivity index (χ4n) is 2.61. The fraction of sp³-hybridized carbons (Fsp3) is 0.933. The highest BCUT2D eigenvalue weighted by atomic mass is 16.5. The average molecular weight is 286 g/mol. The van der Waals surface area contributed by atoms with Crippen LogP contribution in [-0.2, 0) is 14.3 Å². The predicted molar refractivity (Wildman–Crippen MR) is 79.8 cm³/mol. The molecular weight excluding hydrogens is 256 g/mol. The lowest BCUT2D eigenvalue weighted by atomic mass is 9.76. The van der Waals surface area contributed by atoms with Crippen molar-refractivity contribution >= 4 is 5.91 Å². The van der Waals surface area contributed by atoms with E-state index in [9.17, 15) is 4.79 Å². The van der Waals surface area contributed by atoms with Crippen molar-refractivity contribution in [3.05, 3.63) is 0 Å². The van der Waals surface area contributed by atoms with Crippen LogP contribution in [0.15, 0.2) is 0 Å². The second-order valence-corrected chi connectivity index (χ2v) is 5.45. The molecule has 0 aromatic heterocycles. The van der Waals surface area contributed by atoms with Crippen LogP contribution in [0.2, 0.25) is 0 Å². The van der Waals surface area contributed by atoms with Gasteiger partial charge in [-0.3, -0.25) is 4.79 Å². The number of unbranched alkanes of at least 4 members (excludes halogenated alkanes) is 1. The fourth-order valence-corrected chi connectivity index (χ4v) is 2.61. The Morgan fingerprint density at radius 2 is 1.95 bits per heavy atom. The van der Waals surface area contributed by atoms with E-state index in [2.05, 4.69) is 17.6 Å². The largest absolute Gasteiger partial charge is 0.382 e. The number of piperidine rings is 1. The van der Waals surface area contributed by atoms with E-state index < -0.39 is 0 Å². The van der Waals surface area contributed by atoms with Crippen LogP contribution >= 0.6 is 0 Å². The molecule has 0 bridgehead atoms. The molecule has 5 nitrogen and oxygen atoms in total. The van der Waals surface area contributed by atoms with Gasteiger partial charge in [0.1, 0.15) is 0 Å². The molecule has 0 radical (unpaired) electrons. The first kappa shape index (κ1) is 17.4. The molecule has 0 unspecified atom stereocenters. The molecule has 1 saturated heterocycles. The summed E-state index contributed by atoms with van der Waals surface area (Å²) in [5.41, 5.74) is -0.139. The Morgan fingerprint density at radius 3 is 2.60 bits per heavy atom. The molecule has 1 amide bonds. The van der Waals surface area contributed by atoms with Gasteiger partial charge in [0, 0.05) is 20.3 Å². The number of methoxy groups -OCH3 is 1. The summed E-state index contributed by atoms with van der Waals surface area (Å²) in [6.07, 6.45) is 4.78. The Bertz CT molecular complexity index is 266. The molecule has 1 aliphatic heterocycles. The Morgan fingerprint density at radius 1 is 1.20 bits per heavy atom. The van der Waals surface area contributed by atoms with E-state index in [-0.39, 0.29) is 11.3 Å². The van der Waals surface area contributed by atoms with Gasteiger partial charge in [-0.2, -0.15) is 0 Å². The maximum atomic E-state index is 12.3. The molecule has 0 atom stereocenters. The maximum absolute atomic E-state index is 12.3. The van der Waals surface area contributed by atoms with Crippen molar-refractivity contribution in [2.75, 3.05) is 46.6 Å². The standard InChI is InChI=1S/C15H30N2O3/c1-3-15(6-9-16-10-7-15)14(18)17-8-4-5-11-20-13-12-19-2/h16H,3-13H2,1-2H3,(H,17,18). The first-order valence-corrected chi connectivity index (χ1v) is 7.81. The van der Waals surface area contributed by atoms with Crippen LogP contribution in [0, 0.1) is 5.41 Å².